The number of rotatable bonds is 4. The Hall–Kier alpha value is -0.980. The van der Waals surface area contributed by atoms with E-state index >= 15 is 0 Å². The van der Waals surface area contributed by atoms with Crippen molar-refractivity contribution in [1.82, 2.24) is 10.2 Å². The molecule has 0 saturated heterocycles. The van der Waals surface area contributed by atoms with Crippen molar-refractivity contribution in [1.29, 1.82) is 0 Å². The van der Waals surface area contributed by atoms with Crippen molar-refractivity contribution in [3.8, 4) is 5.75 Å². The molecule has 1 heterocycles. The van der Waals surface area contributed by atoms with Gasteiger partial charge in [-0.1, -0.05) is 11.3 Å². The Morgan fingerprint density at radius 1 is 1.47 bits per heavy atom. The van der Waals surface area contributed by atoms with E-state index in [4.69, 9.17) is 22.1 Å². The van der Waals surface area contributed by atoms with E-state index in [9.17, 15) is 0 Å². The van der Waals surface area contributed by atoms with Crippen LogP contribution in [0.5, 0.6) is 5.75 Å². The van der Waals surface area contributed by atoms with Gasteiger partial charge in [0.2, 0.25) is 4.47 Å². The molecule has 0 bridgehead atoms. The largest absolute Gasteiger partial charge is 0.497 e. The van der Waals surface area contributed by atoms with E-state index in [-0.39, 0.29) is 0 Å². The Kier molecular flexibility index (Phi) is 4.09. The third-order valence-corrected chi connectivity index (χ3v) is 4.30. The lowest BCUT2D eigenvalue weighted by atomic mass is 10.3. The zero-order chi connectivity index (χ0) is 12.3. The summed E-state index contributed by atoms with van der Waals surface area (Å²) in [6, 6.07) is 5.57. The molecule has 2 rings (SSSR count). The second-order valence-electron chi connectivity index (χ2n) is 3.14. The van der Waals surface area contributed by atoms with Gasteiger partial charge in [-0.05, 0) is 29.8 Å². The molecule has 17 heavy (non-hydrogen) atoms. The molecular formula is C10H10ClN3OS2. The smallest absolute Gasteiger partial charge is 0.207 e. The summed E-state index contributed by atoms with van der Waals surface area (Å²) in [6.07, 6.45) is 0. The SMILES string of the molecule is COc1ccc(N)c(SCc2nnc(Cl)s2)c1. The average molecular weight is 288 g/mol. The maximum Gasteiger partial charge on any atom is 0.207 e. The zero-order valence-corrected chi connectivity index (χ0v) is 11.4. The lowest BCUT2D eigenvalue weighted by molar-refractivity contribution is 0.414. The number of hydrogen-bond acceptors (Lipinski definition) is 6. The number of anilines is 1. The first-order valence-corrected chi connectivity index (χ1v) is 6.91. The number of benzene rings is 1. The topological polar surface area (TPSA) is 61.0 Å². The Balaban J connectivity index is 2.07. The number of nitrogens with zero attached hydrogens (tertiary/aromatic N) is 2. The van der Waals surface area contributed by atoms with Gasteiger partial charge in [-0.15, -0.1) is 22.0 Å². The first kappa shape index (κ1) is 12.5. The van der Waals surface area contributed by atoms with E-state index in [2.05, 4.69) is 10.2 Å². The Morgan fingerprint density at radius 2 is 2.29 bits per heavy atom. The van der Waals surface area contributed by atoms with E-state index in [1.807, 2.05) is 18.2 Å². The van der Waals surface area contributed by atoms with Crippen LogP contribution in [-0.4, -0.2) is 17.3 Å². The number of aromatic nitrogens is 2. The van der Waals surface area contributed by atoms with Crippen molar-refractivity contribution in [2.75, 3.05) is 12.8 Å². The molecule has 0 radical (unpaired) electrons. The fourth-order valence-corrected chi connectivity index (χ4v) is 3.04. The van der Waals surface area contributed by atoms with Crippen LogP contribution in [-0.2, 0) is 5.75 Å². The first-order chi connectivity index (χ1) is 8.19. The van der Waals surface area contributed by atoms with Gasteiger partial charge < -0.3 is 10.5 Å². The van der Waals surface area contributed by atoms with Crippen molar-refractivity contribution >= 4 is 40.4 Å². The number of thioether (sulfide) groups is 1. The molecule has 2 N–H and O–H groups in total. The number of methoxy groups -OCH3 is 1. The zero-order valence-electron chi connectivity index (χ0n) is 9.01. The maximum absolute atomic E-state index is 5.88. The summed E-state index contributed by atoms with van der Waals surface area (Å²) in [5.74, 6) is 1.49. The van der Waals surface area contributed by atoms with Crippen molar-refractivity contribution in [3.05, 3.63) is 27.7 Å². The predicted octanol–water partition coefficient (Wildman–Crippen LogP) is 3.07. The first-order valence-electron chi connectivity index (χ1n) is 4.73. The summed E-state index contributed by atoms with van der Waals surface area (Å²) in [5.41, 5.74) is 6.61. The second-order valence-corrected chi connectivity index (χ2v) is 5.80. The summed E-state index contributed by atoms with van der Waals surface area (Å²) in [7, 11) is 1.63. The van der Waals surface area contributed by atoms with Gasteiger partial charge in [-0.2, -0.15) is 0 Å². The number of halogens is 1. The molecule has 1 aromatic heterocycles. The Bertz CT molecular complexity index is 518. The molecular weight excluding hydrogens is 278 g/mol. The fraction of sp³-hybridized carbons (Fsp3) is 0.200. The molecule has 0 aliphatic carbocycles. The van der Waals surface area contributed by atoms with Crippen LogP contribution in [0.3, 0.4) is 0 Å². The van der Waals surface area contributed by atoms with Gasteiger partial charge in [0.25, 0.3) is 0 Å². The molecule has 90 valence electrons. The summed E-state index contributed by atoms with van der Waals surface area (Å²) in [6.45, 7) is 0. The number of ether oxygens (including phenoxy) is 1. The molecule has 0 amide bonds. The molecule has 0 spiro atoms. The van der Waals surface area contributed by atoms with Crippen molar-refractivity contribution in [2.45, 2.75) is 10.6 Å². The van der Waals surface area contributed by atoms with Crippen LogP contribution in [0, 0.1) is 0 Å². The van der Waals surface area contributed by atoms with Crippen molar-refractivity contribution < 1.29 is 4.74 Å². The van der Waals surface area contributed by atoms with Gasteiger partial charge in [0, 0.05) is 10.6 Å². The van der Waals surface area contributed by atoms with Crippen LogP contribution < -0.4 is 10.5 Å². The third-order valence-electron chi connectivity index (χ3n) is 2.01. The van der Waals surface area contributed by atoms with Crippen LogP contribution in [0.1, 0.15) is 5.01 Å². The van der Waals surface area contributed by atoms with Gasteiger partial charge in [0.15, 0.2) is 0 Å². The fourth-order valence-electron chi connectivity index (χ4n) is 1.20. The van der Waals surface area contributed by atoms with Gasteiger partial charge in [0.1, 0.15) is 10.8 Å². The molecule has 2 aromatic rings. The van der Waals surface area contributed by atoms with E-state index in [0.29, 0.717) is 10.2 Å². The molecule has 0 unspecified atom stereocenters. The number of hydrogen-bond donors (Lipinski definition) is 1. The quantitative estimate of drug-likeness (QED) is 0.692. The van der Waals surface area contributed by atoms with Crippen molar-refractivity contribution in [2.24, 2.45) is 0 Å². The van der Waals surface area contributed by atoms with E-state index in [1.165, 1.54) is 11.3 Å². The Labute approximate surface area is 112 Å². The van der Waals surface area contributed by atoms with Crippen LogP contribution in [0.15, 0.2) is 23.1 Å². The highest BCUT2D eigenvalue weighted by Crippen LogP contribution is 2.32. The molecule has 0 aliphatic rings. The second kappa shape index (κ2) is 5.57. The van der Waals surface area contributed by atoms with E-state index in [0.717, 1.165) is 21.3 Å². The molecule has 7 heteroatoms. The van der Waals surface area contributed by atoms with Crippen LogP contribution in [0.2, 0.25) is 4.47 Å². The summed E-state index contributed by atoms with van der Waals surface area (Å²) >= 11 is 8.67. The lowest BCUT2D eigenvalue weighted by Crippen LogP contribution is -1.91. The molecule has 0 saturated carbocycles. The number of nitrogen functional groups attached to an aromatic ring is 1. The van der Waals surface area contributed by atoms with Gasteiger partial charge in [0.05, 0.1) is 12.9 Å². The minimum absolute atomic E-state index is 0.458. The van der Waals surface area contributed by atoms with Crippen LogP contribution in [0.25, 0.3) is 0 Å². The highest BCUT2D eigenvalue weighted by atomic mass is 35.5. The van der Waals surface area contributed by atoms with Gasteiger partial charge in [-0.25, -0.2) is 0 Å². The third kappa shape index (κ3) is 3.24. The standard InChI is InChI=1S/C10H10ClN3OS2/c1-15-6-2-3-7(12)8(4-6)16-5-9-13-14-10(11)17-9/h2-4H,5,12H2,1H3. The molecule has 0 aliphatic heterocycles. The minimum atomic E-state index is 0.458. The number of nitrogens with two attached hydrogens (primary N) is 1. The predicted molar refractivity (Wildman–Crippen MR) is 71.9 cm³/mol. The minimum Gasteiger partial charge on any atom is -0.497 e. The molecule has 1 aromatic carbocycles. The Morgan fingerprint density at radius 3 is 2.94 bits per heavy atom. The van der Waals surface area contributed by atoms with Crippen LogP contribution >= 0.6 is 34.7 Å². The van der Waals surface area contributed by atoms with Crippen molar-refractivity contribution in [3.63, 3.8) is 0 Å². The lowest BCUT2D eigenvalue weighted by Gasteiger charge is -2.06. The normalized spacial score (nSPS) is 10.5. The summed E-state index contributed by atoms with van der Waals surface area (Å²) < 4.78 is 5.61. The molecule has 0 atom stereocenters. The monoisotopic (exact) mass is 287 g/mol. The maximum atomic E-state index is 5.88. The molecule has 4 nitrogen and oxygen atoms in total. The van der Waals surface area contributed by atoms with E-state index in [1.54, 1.807) is 18.9 Å². The van der Waals surface area contributed by atoms with E-state index < -0.39 is 0 Å². The highest BCUT2D eigenvalue weighted by molar-refractivity contribution is 7.98. The van der Waals surface area contributed by atoms with Crippen LogP contribution in [0.4, 0.5) is 5.69 Å². The highest BCUT2D eigenvalue weighted by Gasteiger charge is 2.06. The van der Waals surface area contributed by atoms with Gasteiger partial charge >= 0.3 is 0 Å². The average Bonchev–Trinajstić information content (AvgIpc) is 2.74. The molecule has 0 fully saturated rings. The summed E-state index contributed by atoms with van der Waals surface area (Å²) in [4.78, 5) is 0.968. The summed E-state index contributed by atoms with van der Waals surface area (Å²) in [5, 5.41) is 8.57. The van der Waals surface area contributed by atoms with Gasteiger partial charge in [-0.3, -0.25) is 0 Å².